The normalized spacial score (nSPS) is 15.9. The molecular weight excluding hydrogens is 484 g/mol. The lowest BCUT2D eigenvalue weighted by Gasteiger charge is -2.37. The summed E-state index contributed by atoms with van der Waals surface area (Å²) in [5.74, 6) is 0.407. The van der Waals surface area contributed by atoms with Crippen LogP contribution in [-0.2, 0) is 14.9 Å². The van der Waals surface area contributed by atoms with Crippen LogP contribution in [-0.4, -0.2) is 57.3 Å². The molecule has 2 N–H and O–H groups in total. The average molecular weight is 519 g/mol. The van der Waals surface area contributed by atoms with Gasteiger partial charge in [0.05, 0.1) is 5.52 Å². The van der Waals surface area contributed by atoms with Crippen molar-refractivity contribution in [1.82, 2.24) is 14.4 Å². The molecule has 10 nitrogen and oxygen atoms in total. The van der Waals surface area contributed by atoms with Gasteiger partial charge in [0.15, 0.2) is 12.6 Å². The first-order chi connectivity index (χ1) is 17.0. The Labute approximate surface area is 212 Å². The molecule has 1 unspecified atom stereocenters. The molecule has 36 heavy (non-hydrogen) atoms. The van der Waals surface area contributed by atoms with Crippen molar-refractivity contribution in [2.45, 2.75) is 52.6 Å². The molecule has 1 fully saturated rings. The number of amides is 1. The lowest BCUT2D eigenvalue weighted by Crippen LogP contribution is -2.45. The number of hydrogen-bond donors (Lipinski definition) is 2. The predicted molar refractivity (Wildman–Crippen MR) is 138 cm³/mol. The molecular formula is C25H34N4O6S. The molecule has 0 aliphatic carbocycles. The Kier molecular flexibility index (Phi) is 8.67. The number of aromatic nitrogens is 1. The molecule has 196 valence electrons. The molecule has 1 aliphatic heterocycles. The number of carbonyl (C=O) groups is 3. The Balaban J connectivity index is 1.63. The summed E-state index contributed by atoms with van der Waals surface area (Å²) in [7, 11) is -4.03. The van der Waals surface area contributed by atoms with Crippen molar-refractivity contribution in [1.29, 1.82) is 0 Å². The highest BCUT2D eigenvalue weighted by atomic mass is 32.2. The predicted octanol–water partition coefficient (Wildman–Crippen LogP) is 3.46. The summed E-state index contributed by atoms with van der Waals surface area (Å²) in [4.78, 5) is 41.2. The molecule has 0 radical (unpaired) electrons. The third-order valence-corrected chi connectivity index (χ3v) is 7.38. The molecule has 11 heteroatoms. The van der Waals surface area contributed by atoms with Crippen molar-refractivity contribution < 1.29 is 27.5 Å². The maximum atomic E-state index is 12.3. The highest BCUT2D eigenvalue weighted by Gasteiger charge is 2.28. The molecule has 0 saturated carbocycles. The molecule has 2 aromatic rings. The SMILES string of the molecule is CCC(CNS(=O)(=O)NC(=O)OC(C)(C)C)C1CCN(c2ccnc3cc(C=O)c(C=O)cc23)CC1. The number of pyridine rings is 1. The standard InChI is InChI=1S/C25H34N4O6S/c1-5-17(14-27-36(33,34)28-24(32)35-25(2,3)4)18-7-10-29(11-8-18)23-6-9-26-22-13-20(16-31)19(15-30)12-21(22)23/h6,9,12-13,15-18,27H,5,7-8,10-11,14H2,1-4H3,(H,28,32). The zero-order valence-corrected chi connectivity index (χ0v) is 21.9. The van der Waals surface area contributed by atoms with Gasteiger partial charge in [-0.05, 0) is 63.6 Å². The van der Waals surface area contributed by atoms with Gasteiger partial charge >= 0.3 is 16.3 Å². The van der Waals surface area contributed by atoms with Gasteiger partial charge in [-0.3, -0.25) is 14.6 Å². The fourth-order valence-corrected chi connectivity index (χ4v) is 5.38. The van der Waals surface area contributed by atoms with E-state index in [2.05, 4.69) is 14.6 Å². The summed E-state index contributed by atoms with van der Waals surface area (Å²) < 4.78 is 34.0. The molecule has 1 aromatic heterocycles. The van der Waals surface area contributed by atoms with E-state index in [1.807, 2.05) is 17.7 Å². The number of fused-ring (bicyclic) bond motifs is 1. The monoisotopic (exact) mass is 518 g/mol. The van der Waals surface area contributed by atoms with E-state index in [0.29, 0.717) is 35.1 Å². The average Bonchev–Trinajstić information content (AvgIpc) is 2.81. The lowest BCUT2D eigenvalue weighted by molar-refractivity contribution is 0.0569. The van der Waals surface area contributed by atoms with Gasteiger partial charge < -0.3 is 9.64 Å². The molecule has 0 spiro atoms. The van der Waals surface area contributed by atoms with Crippen molar-refractivity contribution in [3.8, 4) is 0 Å². The Morgan fingerprint density at radius 3 is 2.42 bits per heavy atom. The Morgan fingerprint density at radius 2 is 1.83 bits per heavy atom. The van der Waals surface area contributed by atoms with E-state index >= 15 is 0 Å². The first-order valence-electron chi connectivity index (χ1n) is 12.0. The van der Waals surface area contributed by atoms with Gasteiger partial charge in [0.25, 0.3) is 0 Å². The number of hydrogen-bond acceptors (Lipinski definition) is 8. The summed E-state index contributed by atoms with van der Waals surface area (Å²) in [6, 6.07) is 5.25. The maximum Gasteiger partial charge on any atom is 0.422 e. The summed E-state index contributed by atoms with van der Waals surface area (Å²) >= 11 is 0. The van der Waals surface area contributed by atoms with Crippen LogP contribution >= 0.6 is 0 Å². The molecule has 3 rings (SSSR count). The summed E-state index contributed by atoms with van der Waals surface area (Å²) in [5, 5.41) is 0.816. The van der Waals surface area contributed by atoms with Crippen LogP contribution in [0.25, 0.3) is 10.9 Å². The van der Waals surface area contributed by atoms with E-state index in [4.69, 9.17) is 4.74 Å². The zero-order chi connectivity index (χ0) is 26.5. The first kappa shape index (κ1) is 27.5. The number of piperidine rings is 1. The van der Waals surface area contributed by atoms with Gasteiger partial charge in [-0.25, -0.2) is 9.52 Å². The van der Waals surface area contributed by atoms with E-state index in [1.165, 1.54) is 0 Å². The third kappa shape index (κ3) is 7.01. The van der Waals surface area contributed by atoms with Gasteiger partial charge in [0, 0.05) is 48.0 Å². The minimum atomic E-state index is -4.03. The molecule has 1 amide bonds. The Hall–Kier alpha value is -3.05. The topological polar surface area (TPSA) is 135 Å². The smallest absolute Gasteiger partial charge is 0.422 e. The van der Waals surface area contributed by atoms with E-state index < -0.39 is 21.9 Å². The molecule has 1 aromatic carbocycles. The lowest BCUT2D eigenvalue weighted by atomic mass is 9.82. The molecule has 1 aliphatic rings. The number of rotatable bonds is 9. The van der Waals surface area contributed by atoms with Crippen LogP contribution in [0.5, 0.6) is 0 Å². The van der Waals surface area contributed by atoms with Crippen LogP contribution in [0.2, 0.25) is 0 Å². The first-order valence-corrected chi connectivity index (χ1v) is 13.5. The molecule has 2 heterocycles. The van der Waals surface area contributed by atoms with Crippen molar-refractivity contribution in [2.24, 2.45) is 11.8 Å². The van der Waals surface area contributed by atoms with Gasteiger partial charge in [-0.15, -0.1) is 0 Å². The highest BCUT2D eigenvalue weighted by Crippen LogP contribution is 2.33. The third-order valence-electron chi connectivity index (χ3n) is 6.40. The summed E-state index contributed by atoms with van der Waals surface area (Å²) in [5.41, 5.74) is 1.45. The van der Waals surface area contributed by atoms with Crippen LogP contribution in [0.4, 0.5) is 10.5 Å². The van der Waals surface area contributed by atoms with E-state index in [-0.39, 0.29) is 12.5 Å². The van der Waals surface area contributed by atoms with Crippen LogP contribution in [0, 0.1) is 11.8 Å². The second kappa shape index (κ2) is 11.3. The van der Waals surface area contributed by atoms with Crippen molar-refractivity contribution in [3.63, 3.8) is 0 Å². The second-order valence-corrected chi connectivity index (χ2v) is 11.5. The fourth-order valence-electron chi connectivity index (χ4n) is 4.61. The second-order valence-electron chi connectivity index (χ2n) is 10.0. The number of ether oxygens (including phenoxy) is 1. The minimum absolute atomic E-state index is 0.105. The number of benzene rings is 1. The fraction of sp³-hybridized carbons (Fsp3) is 0.520. The number of nitrogens with one attached hydrogen (secondary N) is 2. The molecule has 0 bridgehead atoms. The Morgan fingerprint density at radius 1 is 1.19 bits per heavy atom. The van der Waals surface area contributed by atoms with Crippen molar-refractivity contribution in [3.05, 3.63) is 35.5 Å². The van der Waals surface area contributed by atoms with Crippen LogP contribution < -0.4 is 14.3 Å². The van der Waals surface area contributed by atoms with Crippen molar-refractivity contribution >= 4 is 45.5 Å². The van der Waals surface area contributed by atoms with Crippen molar-refractivity contribution in [2.75, 3.05) is 24.5 Å². The molecule has 1 saturated heterocycles. The van der Waals surface area contributed by atoms with Gasteiger partial charge in [0.1, 0.15) is 5.60 Å². The van der Waals surface area contributed by atoms with Crippen LogP contribution in [0.1, 0.15) is 67.7 Å². The highest BCUT2D eigenvalue weighted by molar-refractivity contribution is 7.88. The van der Waals surface area contributed by atoms with Crippen LogP contribution in [0.15, 0.2) is 24.4 Å². The zero-order valence-electron chi connectivity index (χ0n) is 21.1. The largest absolute Gasteiger partial charge is 0.443 e. The van der Waals surface area contributed by atoms with E-state index in [1.54, 1.807) is 39.1 Å². The van der Waals surface area contributed by atoms with E-state index in [0.717, 1.165) is 43.4 Å². The number of aldehydes is 2. The van der Waals surface area contributed by atoms with Crippen LogP contribution in [0.3, 0.4) is 0 Å². The number of carbonyl (C=O) groups excluding carboxylic acids is 3. The van der Waals surface area contributed by atoms with Gasteiger partial charge in [0.2, 0.25) is 0 Å². The van der Waals surface area contributed by atoms with Gasteiger partial charge in [-0.2, -0.15) is 13.1 Å². The summed E-state index contributed by atoms with van der Waals surface area (Å²) in [6.07, 6.45) is 4.52. The van der Waals surface area contributed by atoms with Gasteiger partial charge in [-0.1, -0.05) is 13.3 Å². The summed E-state index contributed by atoms with van der Waals surface area (Å²) in [6.45, 7) is 8.73. The maximum absolute atomic E-state index is 12.3. The minimum Gasteiger partial charge on any atom is -0.443 e. The number of nitrogens with zero attached hydrogens (tertiary/aromatic N) is 2. The van der Waals surface area contributed by atoms with E-state index in [9.17, 15) is 22.8 Å². The number of anilines is 1. The Bertz CT molecular complexity index is 1220. The quantitative estimate of drug-likeness (QED) is 0.482. The molecule has 1 atom stereocenters.